The Morgan fingerprint density at radius 1 is 0.889 bits per heavy atom. The van der Waals surface area contributed by atoms with Crippen molar-refractivity contribution in [3.8, 4) is 5.75 Å². The zero-order valence-corrected chi connectivity index (χ0v) is 11.9. The third-order valence-corrected chi connectivity index (χ3v) is 5.69. The van der Waals surface area contributed by atoms with Crippen LogP contribution in [0.2, 0.25) is 0 Å². The van der Waals surface area contributed by atoms with E-state index in [9.17, 15) is 5.11 Å². The molecular weight excluding hydrogens is 260 g/mol. The van der Waals surface area contributed by atoms with Gasteiger partial charge in [-0.3, -0.25) is 0 Å². The number of phenols is 1. The number of fused-ring (bicyclic) bond motifs is 2. The van der Waals surface area contributed by atoms with E-state index in [1.54, 1.807) is 23.5 Å². The summed E-state index contributed by atoms with van der Waals surface area (Å²) in [6, 6.07) is 12.2. The average molecular weight is 274 g/mol. The van der Waals surface area contributed by atoms with E-state index < -0.39 is 0 Å². The van der Waals surface area contributed by atoms with Gasteiger partial charge in [0.15, 0.2) is 0 Å². The van der Waals surface area contributed by atoms with Crippen molar-refractivity contribution in [2.75, 3.05) is 0 Å². The van der Waals surface area contributed by atoms with Gasteiger partial charge in [0.25, 0.3) is 0 Å². The van der Waals surface area contributed by atoms with Crippen molar-refractivity contribution in [3.05, 3.63) is 42.0 Å². The van der Waals surface area contributed by atoms with Crippen LogP contribution < -0.4 is 0 Å². The average Bonchev–Trinajstić information content (AvgIpc) is 2.37. The Morgan fingerprint density at radius 3 is 2.11 bits per heavy atom. The molecule has 3 rings (SSSR count). The lowest BCUT2D eigenvalue weighted by atomic mass is 10.0. The van der Waals surface area contributed by atoms with E-state index >= 15 is 0 Å². The smallest absolute Gasteiger partial charge is 0.130 e. The summed E-state index contributed by atoms with van der Waals surface area (Å²) < 4.78 is 0. The number of benzene rings is 2. The molecule has 1 aliphatic rings. The molecule has 0 amide bonds. The van der Waals surface area contributed by atoms with Gasteiger partial charge in [-0.05, 0) is 29.7 Å². The molecule has 3 heteroatoms. The van der Waals surface area contributed by atoms with E-state index in [1.165, 1.54) is 20.2 Å². The first-order chi connectivity index (χ1) is 8.66. The van der Waals surface area contributed by atoms with E-state index in [0.717, 1.165) is 4.90 Å². The highest BCUT2D eigenvalue weighted by molar-refractivity contribution is 8.05. The zero-order valence-electron chi connectivity index (χ0n) is 10.3. The number of aromatic hydroxyl groups is 1. The minimum absolute atomic E-state index is 0.390. The van der Waals surface area contributed by atoms with Gasteiger partial charge in [-0.25, -0.2) is 0 Å². The molecule has 2 aromatic rings. The largest absolute Gasteiger partial charge is 0.507 e. The normalized spacial score (nSPS) is 13.3. The quantitative estimate of drug-likeness (QED) is 0.664. The van der Waals surface area contributed by atoms with Crippen LogP contribution in [0.5, 0.6) is 5.75 Å². The van der Waals surface area contributed by atoms with Crippen LogP contribution in [0, 0.1) is 0 Å². The molecule has 0 aliphatic carbocycles. The highest BCUT2D eigenvalue weighted by Crippen LogP contribution is 2.53. The molecular formula is C15H14OS2. The van der Waals surface area contributed by atoms with Crippen LogP contribution in [0.4, 0.5) is 0 Å². The Hall–Kier alpha value is -1.06. The summed E-state index contributed by atoms with van der Waals surface area (Å²) in [5.74, 6) is 0.860. The predicted molar refractivity (Wildman–Crippen MR) is 76.9 cm³/mol. The van der Waals surface area contributed by atoms with Gasteiger partial charge in [-0.2, -0.15) is 0 Å². The molecule has 1 N–H and O–H groups in total. The predicted octanol–water partition coefficient (Wildman–Crippen LogP) is 5.13. The van der Waals surface area contributed by atoms with Gasteiger partial charge in [0.2, 0.25) is 0 Å². The Kier molecular flexibility index (Phi) is 3.04. The molecule has 92 valence electrons. The highest BCUT2D eigenvalue weighted by Gasteiger charge is 2.23. The fourth-order valence-electron chi connectivity index (χ4n) is 2.06. The second-order valence-electron chi connectivity index (χ2n) is 4.64. The van der Waals surface area contributed by atoms with Gasteiger partial charge in [-0.15, -0.1) is 0 Å². The summed E-state index contributed by atoms with van der Waals surface area (Å²) in [5, 5.41) is 10.1. The second-order valence-corrected chi connectivity index (χ2v) is 6.74. The fraction of sp³-hybridized carbons (Fsp3) is 0.200. The number of hydrogen-bond acceptors (Lipinski definition) is 3. The molecule has 0 spiro atoms. The van der Waals surface area contributed by atoms with Crippen LogP contribution in [0.25, 0.3) is 0 Å². The Morgan fingerprint density at radius 2 is 1.50 bits per heavy atom. The lowest BCUT2D eigenvalue weighted by molar-refractivity contribution is 0.458. The third-order valence-electron chi connectivity index (χ3n) is 3.02. The maximum atomic E-state index is 10.1. The molecule has 18 heavy (non-hydrogen) atoms. The molecule has 1 heterocycles. The molecule has 0 aromatic heterocycles. The monoisotopic (exact) mass is 274 g/mol. The standard InChI is InChI=1S/C15H14OS2/c1-9(2)10-7-8-11(16)15-14(10)17-12-5-3-4-6-13(12)18-15/h3-9,16H,1-2H3. The van der Waals surface area contributed by atoms with Gasteiger partial charge in [0, 0.05) is 14.7 Å². The topological polar surface area (TPSA) is 20.2 Å². The molecule has 1 nitrogen and oxygen atoms in total. The summed E-state index contributed by atoms with van der Waals surface area (Å²) in [5.41, 5.74) is 1.31. The van der Waals surface area contributed by atoms with Crippen LogP contribution >= 0.6 is 23.5 Å². The summed E-state index contributed by atoms with van der Waals surface area (Å²) in [6.07, 6.45) is 0. The van der Waals surface area contributed by atoms with Crippen LogP contribution in [-0.2, 0) is 0 Å². The first-order valence-corrected chi connectivity index (χ1v) is 7.60. The van der Waals surface area contributed by atoms with Crippen LogP contribution in [0.1, 0.15) is 25.3 Å². The molecule has 0 saturated carbocycles. The lowest BCUT2D eigenvalue weighted by Crippen LogP contribution is -1.97. The molecule has 0 unspecified atom stereocenters. The summed E-state index contributed by atoms with van der Waals surface area (Å²) in [4.78, 5) is 4.73. The molecule has 2 aromatic carbocycles. The highest BCUT2D eigenvalue weighted by atomic mass is 32.2. The van der Waals surface area contributed by atoms with Crippen LogP contribution in [-0.4, -0.2) is 5.11 Å². The van der Waals surface area contributed by atoms with Crippen molar-refractivity contribution in [1.29, 1.82) is 0 Å². The third kappa shape index (κ3) is 1.91. The van der Waals surface area contributed by atoms with Gasteiger partial charge in [-0.1, -0.05) is 55.6 Å². The Bertz CT molecular complexity index is 605. The first kappa shape index (κ1) is 12.0. The number of rotatable bonds is 1. The van der Waals surface area contributed by atoms with Crippen molar-refractivity contribution in [1.82, 2.24) is 0 Å². The fourth-order valence-corrected chi connectivity index (χ4v) is 4.64. The minimum atomic E-state index is 0.390. The van der Waals surface area contributed by atoms with E-state index in [0.29, 0.717) is 11.7 Å². The van der Waals surface area contributed by atoms with Gasteiger partial charge >= 0.3 is 0 Å². The SMILES string of the molecule is CC(C)c1ccc(O)c2c1Sc1ccccc1S2. The molecule has 0 radical (unpaired) electrons. The molecule has 0 atom stereocenters. The molecule has 0 fully saturated rings. The van der Waals surface area contributed by atoms with Crippen LogP contribution in [0.15, 0.2) is 56.0 Å². The van der Waals surface area contributed by atoms with Crippen LogP contribution in [0.3, 0.4) is 0 Å². The van der Waals surface area contributed by atoms with Crippen molar-refractivity contribution in [3.63, 3.8) is 0 Å². The lowest BCUT2D eigenvalue weighted by Gasteiger charge is -2.23. The number of hydrogen-bond donors (Lipinski definition) is 1. The first-order valence-electron chi connectivity index (χ1n) is 5.97. The van der Waals surface area contributed by atoms with E-state index in [2.05, 4.69) is 32.0 Å². The van der Waals surface area contributed by atoms with Gasteiger partial charge in [0.1, 0.15) is 5.75 Å². The molecule has 1 aliphatic heterocycles. The number of phenolic OH excluding ortho intramolecular Hbond substituents is 1. The molecule has 0 bridgehead atoms. The summed E-state index contributed by atoms with van der Waals surface area (Å²) in [6.45, 7) is 4.39. The molecule has 0 saturated heterocycles. The maximum absolute atomic E-state index is 10.1. The second kappa shape index (κ2) is 4.56. The van der Waals surface area contributed by atoms with Crippen molar-refractivity contribution >= 4 is 23.5 Å². The van der Waals surface area contributed by atoms with Crippen molar-refractivity contribution < 1.29 is 5.11 Å². The Balaban J connectivity index is 2.17. The van der Waals surface area contributed by atoms with Gasteiger partial charge in [0.05, 0.1) is 4.90 Å². The van der Waals surface area contributed by atoms with E-state index in [-0.39, 0.29) is 0 Å². The maximum Gasteiger partial charge on any atom is 0.130 e. The Labute approximate surface area is 116 Å². The summed E-state index contributed by atoms with van der Waals surface area (Å²) in [7, 11) is 0. The minimum Gasteiger partial charge on any atom is -0.507 e. The van der Waals surface area contributed by atoms with Gasteiger partial charge < -0.3 is 5.11 Å². The summed E-state index contributed by atoms with van der Waals surface area (Å²) >= 11 is 3.44. The van der Waals surface area contributed by atoms with Crippen molar-refractivity contribution in [2.45, 2.75) is 39.3 Å². The van der Waals surface area contributed by atoms with E-state index in [1.807, 2.05) is 18.2 Å². The van der Waals surface area contributed by atoms with E-state index in [4.69, 9.17) is 0 Å². The zero-order chi connectivity index (χ0) is 12.7. The van der Waals surface area contributed by atoms with Crippen molar-refractivity contribution in [2.24, 2.45) is 0 Å².